The van der Waals surface area contributed by atoms with Gasteiger partial charge in [-0.3, -0.25) is 14.8 Å². The average Bonchev–Trinajstić information content (AvgIpc) is 3.15. The summed E-state index contributed by atoms with van der Waals surface area (Å²) < 4.78 is 25.1. The van der Waals surface area contributed by atoms with Gasteiger partial charge in [-0.05, 0) is 25.3 Å². The number of carbonyl (C=O) groups excluding carboxylic acids is 1. The highest BCUT2D eigenvalue weighted by Crippen LogP contribution is 2.34. The first-order valence-corrected chi connectivity index (χ1v) is 11.0. The number of halogens is 2. The topological polar surface area (TPSA) is 57.1 Å². The third-order valence-corrected chi connectivity index (χ3v) is 5.88. The van der Waals surface area contributed by atoms with Crippen LogP contribution in [-0.2, 0) is 4.79 Å². The molecule has 0 aromatic rings. The largest absolute Gasteiger partial charge is 0.351 e. The van der Waals surface area contributed by atoms with Gasteiger partial charge in [0.15, 0.2) is 0 Å². The Morgan fingerprint density at radius 1 is 1.43 bits per heavy atom. The van der Waals surface area contributed by atoms with E-state index >= 15 is 0 Å². The number of carbonyl (C=O) groups is 1. The number of rotatable bonds is 9. The Bertz CT molecular complexity index is 812. The quantitative estimate of drug-likeness (QED) is 0.533. The molecule has 2 rings (SSSR count). The van der Waals surface area contributed by atoms with Crippen LogP contribution in [0.2, 0.25) is 0 Å². The van der Waals surface area contributed by atoms with E-state index < -0.39 is 6.43 Å². The van der Waals surface area contributed by atoms with Crippen LogP contribution < -0.4 is 5.32 Å². The van der Waals surface area contributed by atoms with Crippen LogP contribution in [0.5, 0.6) is 0 Å². The summed E-state index contributed by atoms with van der Waals surface area (Å²) in [5.74, 6) is 0.885. The van der Waals surface area contributed by atoms with Crippen molar-refractivity contribution in [2.24, 2.45) is 9.98 Å². The van der Waals surface area contributed by atoms with Gasteiger partial charge in [-0.1, -0.05) is 36.9 Å². The lowest BCUT2D eigenvalue weighted by atomic mass is 10.0. The zero-order valence-corrected chi connectivity index (χ0v) is 18.8. The number of nitrogens with zero attached hydrogens (tertiary/aromatic N) is 3. The summed E-state index contributed by atoms with van der Waals surface area (Å²) in [6, 6.07) is -0.0290. The molecule has 1 fully saturated rings. The Balaban J connectivity index is 2.38. The number of amidine groups is 1. The van der Waals surface area contributed by atoms with Gasteiger partial charge >= 0.3 is 0 Å². The van der Waals surface area contributed by atoms with E-state index in [2.05, 4.69) is 15.2 Å². The van der Waals surface area contributed by atoms with Crippen LogP contribution in [0.15, 0.2) is 55.9 Å². The first kappa shape index (κ1) is 24.1. The molecule has 30 heavy (non-hydrogen) atoms. The molecule has 8 heteroatoms. The van der Waals surface area contributed by atoms with E-state index in [0.717, 1.165) is 22.0 Å². The van der Waals surface area contributed by atoms with Crippen LogP contribution in [-0.4, -0.2) is 55.0 Å². The lowest BCUT2D eigenvalue weighted by molar-refractivity contribution is -0.121. The summed E-state index contributed by atoms with van der Waals surface area (Å²) >= 11 is 1.60. The Morgan fingerprint density at radius 2 is 2.20 bits per heavy atom. The number of allylic oxidation sites excluding steroid dienone is 4. The fourth-order valence-electron chi connectivity index (χ4n) is 3.42. The Kier molecular flexibility index (Phi) is 9.49. The predicted octanol–water partition coefficient (Wildman–Crippen LogP) is 4.71. The second-order valence-electron chi connectivity index (χ2n) is 6.88. The summed E-state index contributed by atoms with van der Waals surface area (Å²) in [5, 5.41) is 5.08. The minimum Gasteiger partial charge on any atom is -0.351 e. The third-order valence-electron chi connectivity index (χ3n) is 4.80. The van der Waals surface area contributed by atoms with Gasteiger partial charge in [-0.2, -0.15) is 0 Å². The first-order chi connectivity index (χ1) is 14.4. The van der Waals surface area contributed by atoms with E-state index in [0.29, 0.717) is 31.6 Å². The van der Waals surface area contributed by atoms with Crippen LogP contribution >= 0.6 is 11.8 Å². The number of hydrogen-bond donors (Lipinski definition) is 1. The summed E-state index contributed by atoms with van der Waals surface area (Å²) in [6.45, 7) is 6.82. The molecular formula is C22H30F2N4OS. The second kappa shape index (κ2) is 11.8. The lowest BCUT2D eigenvalue weighted by Crippen LogP contribution is -2.39. The predicted molar refractivity (Wildman–Crippen MR) is 122 cm³/mol. The molecule has 0 saturated carbocycles. The Hall–Kier alpha value is -2.22. The van der Waals surface area contributed by atoms with Crippen LogP contribution in [0.3, 0.4) is 0 Å². The molecule has 0 radical (unpaired) electrons. The first-order valence-electron chi connectivity index (χ1n) is 10.1. The van der Waals surface area contributed by atoms with Crippen molar-refractivity contribution in [2.75, 3.05) is 20.1 Å². The molecule has 1 atom stereocenters. The van der Waals surface area contributed by atoms with Gasteiger partial charge in [0.05, 0.1) is 18.3 Å². The van der Waals surface area contributed by atoms with Gasteiger partial charge in [-0.25, -0.2) is 8.78 Å². The average molecular weight is 437 g/mol. The zero-order chi connectivity index (χ0) is 22.1. The fraction of sp³-hybridized carbons (Fsp3) is 0.500. The molecule has 0 aromatic heterocycles. The molecule has 2 aliphatic heterocycles. The monoisotopic (exact) mass is 436 g/mol. The van der Waals surface area contributed by atoms with E-state index in [1.807, 2.05) is 38.3 Å². The number of aliphatic imine (C=N–C) groups is 2. The number of nitrogens with one attached hydrogen (secondary N) is 1. The van der Waals surface area contributed by atoms with Gasteiger partial charge in [0.25, 0.3) is 0 Å². The van der Waals surface area contributed by atoms with Gasteiger partial charge in [0.1, 0.15) is 5.84 Å². The maximum atomic E-state index is 12.5. The van der Waals surface area contributed by atoms with Crippen molar-refractivity contribution >= 4 is 29.2 Å². The van der Waals surface area contributed by atoms with Crippen LogP contribution in [0, 0.1) is 0 Å². The molecule has 2 heterocycles. The number of hydrogen-bond acceptors (Lipinski definition) is 5. The zero-order valence-electron chi connectivity index (χ0n) is 18.0. The van der Waals surface area contributed by atoms with Gasteiger partial charge < -0.3 is 10.2 Å². The molecular weight excluding hydrogens is 406 g/mol. The number of thioether (sulfide) groups is 1. The van der Waals surface area contributed by atoms with Crippen molar-refractivity contribution in [3.8, 4) is 0 Å². The SMILES string of the molecule is C/C=C\S/C(=C/C)C1=NCC(C(/C=C\CC(F)F)=N/C)=C2CC(NC(=O)CC)CN12. The lowest BCUT2D eigenvalue weighted by Gasteiger charge is -2.29. The maximum Gasteiger partial charge on any atom is 0.242 e. The molecule has 0 spiro atoms. The molecule has 0 aliphatic carbocycles. The molecule has 1 unspecified atom stereocenters. The normalized spacial score (nSPS) is 20.6. The third kappa shape index (κ3) is 6.14. The van der Waals surface area contributed by atoms with Crippen LogP contribution in [0.25, 0.3) is 0 Å². The highest BCUT2D eigenvalue weighted by molar-refractivity contribution is 8.06. The van der Waals surface area contributed by atoms with E-state index in [1.54, 1.807) is 24.9 Å². The smallest absolute Gasteiger partial charge is 0.242 e. The van der Waals surface area contributed by atoms with Gasteiger partial charge in [0, 0.05) is 49.0 Å². The second-order valence-corrected chi connectivity index (χ2v) is 7.82. The van der Waals surface area contributed by atoms with Gasteiger partial charge in [-0.15, -0.1) is 0 Å². The molecule has 1 amide bonds. The van der Waals surface area contributed by atoms with E-state index in [1.165, 1.54) is 6.08 Å². The molecule has 5 nitrogen and oxygen atoms in total. The van der Waals surface area contributed by atoms with Crippen LogP contribution in [0.1, 0.15) is 40.0 Å². The molecule has 0 bridgehead atoms. The molecule has 164 valence electrons. The highest BCUT2D eigenvalue weighted by Gasteiger charge is 2.36. The molecule has 1 saturated heterocycles. The van der Waals surface area contributed by atoms with Crippen molar-refractivity contribution < 1.29 is 13.6 Å². The minimum absolute atomic E-state index is 0.0104. The van der Waals surface area contributed by atoms with E-state index in [4.69, 9.17) is 4.99 Å². The van der Waals surface area contributed by atoms with Crippen molar-refractivity contribution in [2.45, 2.75) is 52.5 Å². The van der Waals surface area contributed by atoms with Crippen molar-refractivity contribution in [1.82, 2.24) is 10.2 Å². The highest BCUT2D eigenvalue weighted by atomic mass is 32.2. The summed E-state index contributed by atoms with van der Waals surface area (Å²) in [4.78, 5) is 24.3. The van der Waals surface area contributed by atoms with Crippen molar-refractivity contribution in [1.29, 1.82) is 0 Å². The van der Waals surface area contributed by atoms with Crippen molar-refractivity contribution in [3.63, 3.8) is 0 Å². The number of fused-ring (bicyclic) bond motifs is 1. The summed E-state index contributed by atoms with van der Waals surface area (Å²) in [7, 11) is 1.66. The van der Waals surface area contributed by atoms with Gasteiger partial charge in [0.2, 0.25) is 12.3 Å². The van der Waals surface area contributed by atoms with Crippen molar-refractivity contribution in [3.05, 3.63) is 45.9 Å². The van der Waals surface area contributed by atoms with E-state index in [-0.39, 0.29) is 18.4 Å². The number of amides is 1. The summed E-state index contributed by atoms with van der Waals surface area (Å²) in [6.07, 6.45) is 5.50. The summed E-state index contributed by atoms with van der Waals surface area (Å²) in [5.41, 5.74) is 2.62. The van der Waals surface area contributed by atoms with E-state index in [9.17, 15) is 13.6 Å². The molecule has 2 aliphatic rings. The fourth-order valence-corrected chi connectivity index (χ4v) is 4.12. The van der Waals surface area contributed by atoms with Crippen LogP contribution in [0.4, 0.5) is 8.78 Å². The Morgan fingerprint density at radius 3 is 2.80 bits per heavy atom. The maximum absolute atomic E-state index is 12.5. The molecule has 1 N–H and O–H groups in total. The Labute approximate surface area is 181 Å². The molecule has 0 aromatic carbocycles. The minimum atomic E-state index is -2.38. The number of alkyl halides is 2. The standard InChI is InChI=1S/C22H30F2N4OS/c1-5-11-30-19(6-2)22-26-13-16(17(25-4)9-8-10-20(23)24)18-12-15(14-28(18)22)27-21(29)7-3/h5-6,8-9,11,15,20H,7,10,12-14H2,1-4H3,(H,27,29)/b9-8-,11-5-,19-6+,25-17+.